The van der Waals surface area contributed by atoms with Crippen LogP contribution in [0.25, 0.3) is 0 Å². The molecule has 0 heterocycles. The molecule has 58 valence electrons. The summed E-state index contributed by atoms with van der Waals surface area (Å²) in [7, 11) is 0. The monoisotopic (exact) mass is 143 g/mol. The van der Waals surface area contributed by atoms with E-state index in [1.807, 2.05) is 0 Å². The highest BCUT2D eigenvalue weighted by Crippen LogP contribution is 1.74. The molecule has 4 heteroatoms. The van der Waals surface area contributed by atoms with Crippen LogP contribution in [0.3, 0.4) is 0 Å². The second kappa shape index (κ2) is 4.81. The molecule has 0 radical (unpaired) electrons. The number of hydrogen-bond acceptors (Lipinski definition) is 3. The van der Waals surface area contributed by atoms with Gasteiger partial charge >= 0.3 is 0 Å². The molecule has 0 aliphatic carbocycles. The van der Waals surface area contributed by atoms with Crippen LogP contribution in [0.4, 0.5) is 0 Å². The summed E-state index contributed by atoms with van der Waals surface area (Å²) in [5, 5.41) is 18.3. The van der Waals surface area contributed by atoms with Crippen molar-refractivity contribution in [2.24, 2.45) is 5.73 Å². The van der Waals surface area contributed by atoms with E-state index in [4.69, 9.17) is 16.2 Å². The molecule has 0 aliphatic heterocycles. The number of rotatable bonds is 4. The summed E-state index contributed by atoms with van der Waals surface area (Å²) in [6.45, 7) is 2.15. The molecule has 0 aromatic heterocycles. The van der Waals surface area contributed by atoms with Gasteiger partial charge in [0, 0.05) is 12.7 Å². The number of nitrogens with one attached hydrogen (secondary N) is 2. The maximum absolute atomic E-state index is 8.74. The summed E-state index contributed by atoms with van der Waals surface area (Å²) in [4.78, 5) is 0. The van der Waals surface area contributed by atoms with E-state index in [2.05, 4.69) is 5.32 Å². The standard InChI is InChI=1S/C6H13N3O/c1-5(10)4-9-3-2-6(7)8/h2-3,5,9-10H,4H2,1H3,(H3,7,8)/b3-2-/t5-/m1/s1. The molecular formula is C6H13N3O. The zero-order valence-electron chi connectivity index (χ0n) is 5.96. The summed E-state index contributed by atoms with van der Waals surface area (Å²) in [6.07, 6.45) is 2.58. The molecule has 0 saturated carbocycles. The van der Waals surface area contributed by atoms with Gasteiger partial charge < -0.3 is 16.2 Å². The molecule has 0 aliphatic rings. The molecular weight excluding hydrogens is 130 g/mol. The molecule has 1 atom stereocenters. The van der Waals surface area contributed by atoms with Crippen molar-refractivity contribution < 1.29 is 5.11 Å². The smallest absolute Gasteiger partial charge is 0.116 e. The minimum Gasteiger partial charge on any atom is -0.392 e. The summed E-state index contributed by atoms with van der Waals surface area (Å²) in [5.41, 5.74) is 5.00. The normalized spacial score (nSPS) is 13.4. The number of hydrogen-bond donors (Lipinski definition) is 4. The Morgan fingerprint density at radius 1 is 1.90 bits per heavy atom. The van der Waals surface area contributed by atoms with Crippen molar-refractivity contribution in [2.45, 2.75) is 13.0 Å². The number of nitrogens with two attached hydrogens (primary N) is 1. The molecule has 0 aromatic rings. The Morgan fingerprint density at radius 3 is 2.90 bits per heavy atom. The Hall–Kier alpha value is -1.03. The van der Waals surface area contributed by atoms with Crippen molar-refractivity contribution >= 4 is 5.84 Å². The predicted molar refractivity (Wildman–Crippen MR) is 40.7 cm³/mol. The molecule has 0 amide bonds. The number of amidine groups is 1. The Morgan fingerprint density at radius 2 is 2.50 bits per heavy atom. The van der Waals surface area contributed by atoms with Gasteiger partial charge in [-0.25, -0.2) is 0 Å². The van der Waals surface area contributed by atoms with Crippen LogP contribution in [0.15, 0.2) is 12.3 Å². The molecule has 4 nitrogen and oxygen atoms in total. The van der Waals surface area contributed by atoms with Gasteiger partial charge in [0.1, 0.15) is 5.84 Å². The first-order valence-corrected chi connectivity index (χ1v) is 3.05. The van der Waals surface area contributed by atoms with E-state index in [0.29, 0.717) is 6.54 Å². The number of aliphatic hydroxyl groups is 1. The number of aliphatic hydroxyl groups excluding tert-OH is 1. The lowest BCUT2D eigenvalue weighted by Gasteiger charge is -2.01. The molecule has 0 bridgehead atoms. The quantitative estimate of drug-likeness (QED) is 0.313. The first-order chi connectivity index (χ1) is 4.63. The second-order valence-corrected chi connectivity index (χ2v) is 2.05. The van der Waals surface area contributed by atoms with Crippen LogP contribution >= 0.6 is 0 Å². The van der Waals surface area contributed by atoms with Crippen LogP contribution in [-0.4, -0.2) is 23.6 Å². The molecule has 0 fully saturated rings. The van der Waals surface area contributed by atoms with Crippen LogP contribution in [0.5, 0.6) is 0 Å². The van der Waals surface area contributed by atoms with Crippen molar-refractivity contribution in [1.29, 1.82) is 5.41 Å². The van der Waals surface area contributed by atoms with Gasteiger partial charge in [-0.2, -0.15) is 0 Å². The molecule has 0 unspecified atom stereocenters. The first-order valence-electron chi connectivity index (χ1n) is 3.05. The fraction of sp³-hybridized carbons (Fsp3) is 0.500. The van der Waals surface area contributed by atoms with Gasteiger partial charge in [-0.15, -0.1) is 0 Å². The topological polar surface area (TPSA) is 82.1 Å². The summed E-state index contributed by atoms with van der Waals surface area (Å²) >= 11 is 0. The van der Waals surface area contributed by atoms with Gasteiger partial charge in [0.05, 0.1) is 6.10 Å². The van der Waals surface area contributed by atoms with E-state index in [-0.39, 0.29) is 11.9 Å². The van der Waals surface area contributed by atoms with Crippen LogP contribution < -0.4 is 11.1 Å². The fourth-order valence-corrected chi connectivity index (χ4v) is 0.387. The lowest BCUT2D eigenvalue weighted by Crippen LogP contribution is -2.20. The van der Waals surface area contributed by atoms with Crippen LogP contribution in [0.2, 0.25) is 0 Å². The van der Waals surface area contributed by atoms with Gasteiger partial charge in [0.25, 0.3) is 0 Å². The maximum Gasteiger partial charge on any atom is 0.116 e. The Labute approximate surface area is 60.2 Å². The van der Waals surface area contributed by atoms with E-state index in [1.54, 1.807) is 6.92 Å². The fourth-order valence-electron chi connectivity index (χ4n) is 0.387. The van der Waals surface area contributed by atoms with Gasteiger partial charge in [-0.05, 0) is 13.0 Å². The minimum absolute atomic E-state index is 0.00177. The summed E-state index contributed by atoms with van der Waals surface area (Å²) in [6, 6.07) is 0. The molecule has 10 heavy (non-hydrogen) atoms. The minimum atomic E-state index is -0.378. The van der Waals surface area contributed by atoms with Crippen molar-refractivity contribution in [3.63, 3.8) is 0 Å². The largest absolute Gasteiger partial charge is 0.392 e. The van der Waals surface area contributed by atoms with Crippen LogP contribution in [-0.2, 0) is 0 Å². The van der Waals surface area contributed by atoms with Crippen LogP contribution in [0, 0.1) is 5.41 Å². The molecule has 0 aromatic carbocycles. The van der Waals surface area contributed by atoms with Crippen molar-refractivity contribution in [3.8, 4) is 0 Å². The summed E-state index contributed by atoms with van der Waals surface area (Å²) in [5.74, 6) is -0.00177. The van der Waals surface area contributed by atoms with Crippen LogP contribution in [0.1, 0.15) is 6.92 Å². The maximum atomic E-state index is 8.74. The molecule has 5 N–H and O–H groups in total. The van der Waals surface area contributed by atoms with Gasteiger partial charge in [0.15, 0.2) is 0 Å². The second-order valence-electron chi connectivity index (χ2n) is 2.05. The third-order valence-electron chi connectivity index (χ3n) is 0.794. The summed E-state index contributed by atoms with van der Waals surface area (Å²) < 4.78 is 0. The molecule has 0 rings (SSSR count). The van der Waals surface area contributed by atoms with E-state index in [0.717, 1.165) is 0 Å². The predicted octanol–water partition coefficient (Wildman–Crippen LogP) is -0.594. The Kier molecular flexibility index (Phi) is 4.32. The zero-order chi connectivity index (χ0) is 7.98. The highest BCUT2D eigenvalue weighted by atomic mass is 16.3. The molecule has 0 saturated heterocycles. The van der Waals surface area contributed by atoms with Crippen molar-refractivity contribution in [2.75, 3.05) is 6.54 Å². The first kappa shape index (κ1) is 8.97. The van der Waals surface area contributed by atoms with Gasteiger partial charge in [-0.1, -0.05) is 0 Å². The van der Waals surface area contributed by atoms with Crippen molar-refractivity contribution in [1.82, 2.24) is 5.32 Å². The third-order valence-corrected chi connectivity index (χ3v) is 0.794. The lowest BCUT2D eigenvalue weighted by molar-refractivity contribution is 0.196. The molecule has 0 spiro atoms. The average Bonchev–Trinajstić information content (AvgIpc) is 1.79. The van der Waals surface area contributed by atoms with Gasteiger partial charge in [0.2, 0.25) is 0 Å². The Balaban J connectivity index is 3.27. The van der Waals surface area contributed by atoms with E-state index >= 15 is 0 Å². The SMILES string of the molecule is C[C@@H](O)CN/C=C\C(=N)N. The highest BCUT2D eigenvalue weighted by Gasteiger charge is 1.88. The van der Waals surface area contributed by atoms with E-state index in [1.165, 1.54) is 12.3 Å². The van der Waals surface area contributed by atoms with E-state index in [9.17, 15) is 0 Å². The average molecular weight is 143 g/mol. The van der Waals surface area contributed by atoms with E-state index < -0.39 is 0 Å². The third kappa shape index (κ3) is 6.97. The Bertz CT molecular complexity index is 131. The van der Waals surface area contributed by atoms with Gasteiger partial charge in [-0.3, -0.25) is 5.41 Å². The van der Waals surface area contributed by atoms with Crippen molar-refractivity contribution in [3.05, 3.63) is 12.3 Å². The highest BCUT2D eigenvalue weighted by molar-refractivity contribution is 5.88. The lowest BCUT2D eigenvalue weighted by atomic mass is 10.4. The zero-order valence-corrected chi connectivity index (χ0v) is 5.96.